The Kier molecular flexibility index (Phi) is 4.71. The van der Waals surface area contributed by atoms with Crippen LogP contribution < -0.4 is 5.32 Å². The monoisotopic (exact) mass is 333 g/mol. The van der Waals surface area contributed by atoms with Crippen LogP contribution in [0.5, 0.6) is 11.5 Å². The maximum Gasteiger partial charge on any atom is 0.256 e. The third-order valence-corrected chi connectivity index (χ3v) is 3.38. The van der Waals surface area contributed by atoms with Gasteiger partial charge in [0.05, 0.1) is 5.69 Å². The summed E-state index contributed by atoms with van der Waals surface area (Å²) >= 11 is 0. The van der Waals surface area contributed by atoms with Gasteiger partial charge in [0.25, 0.3) is 5.91 Å². The molecule has 0 bridgehead atoms. The molecular formula is C19H15N3O3. The van der Waals surface area contributed by atoms with Crippen LogP contribution in [-0.2, 0) is 0 Å². The number of phenols is 2. The second kappa shape index (κ2) is 7.27. The van der Waals surface area contributed by atoms with Crippen molar-refractivity contribution in [3.8, 4) is 11.5 Å². The Morgan fingerprint density at radius 3 is 2.68 bits per heavy atom. The van der Waals surface area contributed by atoms with Crippen molar-refractivity contribution in [2.24, 2.45) is 4.99 Å². The Morgan fingerprint density at radius 1 is 1.04 bits per heavy atom. The highest BCUT2D eigenvalue weighted by atomic mass is 16.3. The van der Waals surface area contributed by atoms with Crippen LogP contribution in [0.1, 0.15) is 15.9 Å². The van der Waals surface area contributed by atoms with Crippen molar-refractivity contribution in [3.05, 3.63) is 78.0 Å². The number of aromatic hydroxyl groups is 2. The highest BCUT2D eigenvalue weighted by Gasteiger charge is 2.07. The van der Waals surface area contributed by atoms with Crippen LogP contribution in [0.15, 0.2) is 71.9 Å². The molecular weight excluding hydrogens is 318 g/mol. The maximum atomic E-state index is 12.3. The number of hydrogen-bond donors (Lipinski definition) is 3. The van der Waals surface area contributed by atoms with E-state index in [1.807, 2.05) is 0 Å². The number of benzene rings is 2. The van der Waals surface area contributed by atoms with Gasteiger partial charge in [0.15, 0.2) is 0 Å². The first kappa shape index (κ1) is 16.2. The van der Waals surface area contributed by atoms with E-state index in [9.17, 15) is 15.0 Å². The molecule has 3 rings (SSSR count). The summed E-state index contributed by atoms with van der Waals surface area (Å²) in [5, 5.41) is 21.7. The molecule has 6 nitrogen and oxygen atoms in total. The summed E-state index contributed by atoms with van der Waals surface area (Å²) in [6.07, 6.45) is 3.06. The Morgan fingerprint density at radius 2 is 1.92 bits per heavy atom. The molecule has 0 fully saturated rings. The van der Waals surface area contributed by atoms with E-state index >= 15 is 0 Å². The highest BCUT2D eigenvalue weighted by Crippen LogP contribution is 2.22. The van der Waals surface area contributed by atoms with Crippen LogP contribution in [0.25, 0.3) is 0 Å². The number of amides is 1. The minimum absolute atomic E-state index is 0.0251. The first-order chi connectivity index (χ1) is 12.1. The van der Waals surface area contributed by atoms with Crippen molar-refractivity contribution in [3.63, 3.8) is 0 Å². The molecule has 25 heavy (non-hydrogen) atoms. The Hall–Kier alpha value is -3.67. The number of rotatable bonds is 4. The molecule has 124 valence electrons. The smallest absolute Gasteiger partial charge is 0.256 e. The largest absolute Gasteiger partial charge is 0.508 e. The third-order valence-electron chi connectivity index (χ3n) is 3.38. The highest BCUT2D eigenvalue weighted by molar-refractivity contribution is 6.04. The number of aromatic nitrogens is 1. The Labute approximate surface area is 144 Å². The lowest BCUT2D eigenvalue weighted by atomic mass is 10.2. The van der Waals surface area contributed by atoms with Crippen LogP contribution in [-0.4, -0.2) is 27.3 Å². The Balaban J connectivity index is 1.77. The second-order valence-corrected chi connectivity index (χ2v) is 5.22. The van der Waals surface area contributed by atoms with E-state index in [1.165, 1.54) is 18.3 Å². The van der Waals surface area contributed by atoms with Crippen LogP contribution >= 0.6 is 0 Å². The molecule has 1 amide bonds. The molecule has 0 spiro atoms. The molecule has 2 aromatic carbocycles. The van der Waals surface area contributed by atoms with E-state index in [4.69, 9.17) is 0 Å². The van der Waals surface area contributed by atoms with Gasteiger partial charge in [0.2, 0.25) is 0 Å². The van der Waals surface area contributed by atoms with E-state index < -0.39 is 0 Å². The van der Waals surface area contributed by atoms with Crippen LogP contribution in [0, 0.1) is 0 Å². The summed E-state index contributed by atoms with van der Waals surface area (Å²) in [5.41, 5.74) is 1.46. The summed E-state index contributed by atoms with van der Waals surface area (Å²) < 4.78 is 0. The van der Waals surface area contributed by atoms with Crippen molar-refractivity contribution in [1.29, 1.82) is 0 Å². The number of hydrogen-bond acceptors (Lipinski definition) is 5. The lowest BCUT2D eigenvalue weighted by Crippen LogP contribution is -2.12. The van der Waals surface area contributed by atoms with Gasteiger partial charge in [-0.1, -0.05) is 12.1 Å². The van der Waals surface area contributed by atoms with Crippen LogP contribution in [0.3, 0.4) is 0 Å². The van der Waals surface area contributed by atoms with Gasteiger partial charge in [0.1, 0.15) is 17.3 Å². The molecule has 3 aromatic rings. The number of nitrogens with zero attached hydrogens (tertiary/aromatic N) is 2. The van der Waals surface area contributed by atoms with Gasteiger partial charge in [-0.25, -0.2) is 4.98 Å². The second-order valence-electron chi connectivity index (χ2n) is 5.22. The summed E-state index contributed by atoms with van der Waals surface area (Å²) in [5.74, 6) is 0.0780. The quantitative estimate of drug-likeness (QED) is 0.637. The summed E-state index contributed by atoms with van der Waals surface area (Å²) in [6.45, 7) is 0. The molecule has 1 heterocycles. The molecule has 0 radical (unpaired) electrons. The Bertz CT molecular complexity index is 924. The first-order valence-corrected chi connectivity index (χ1v) is 7.50. The molecule has 3 N–H and O–H groups in total. The van der Waals surface area contributed by atoms with Gasteiger partial charge in [-0.3, -0.25) is 9.79 Å². The minimum Gasteiger partial charge on any atom is -0.508 e. The number of carbonyl (C=O) groups is 1. The molecule has 0 atom stereocenters. The third kappa shape index (κ3) is 4.20. The number of anilines is 1. The molecule has 0 aliphatic carbocycles. The van der Waals surface area contributed by atoms with E-state index in [0.29, 0.717) is 22.6 Å². The molecule has 0 aliphatic heterocycles. The van der Waals surface area contributed by atoms with E-state index in [1.54, 1.807) is 54.7 Å². The van der Waals surface area contributed by atoms with Crippen LogP contribution in [0.4, 0.5) is 11.5 Å². The van der Waals surface area contributed by atoms with Crippen molar-refractivity contribution in [2.45, 2.75) is 0 Å². The minimum atomic E-state index is -0.289. The van der Waals surface area contributed by atoms with E-state index in [2.05, 4.69) is 15.3 Å². The molecule has 1 aromatic heterocycles. The summed E-state index contributed by atoms with van der Waals surface area (Å²) in [6, 6.07) is 16.3. The molecule has 6 heteroatoms. The molecule has 0 aliphatic rings. The summed E-state index contributed by atoms with van der Waals surface area (Å²) in [4.78, 5) is 20.6. The average Bonchev–Trinajstić information content (AvgIpc) is 2.62. The van der Waals surface area contributed by atoms with Gasteiger partial charge >= 0.3 is 0 Å². The van der Waals surface area contributed by atoms with Crippen LogP contribution in [0.2, 0.25) is 0 Å². The number of carbonyl (C=O) groups excluding carboxylic acids is 1. The zero-order valence-corrected chi connectivity index (χ0v) is 13.1. The van der Waals surface area contributed by atoms with Gasteiger partial charge in [-0.2, -0.15) is 0 Å². The first-order valence-electron chi connectivity index (χ1n) is 7.50. The SMILES string of the molecule is O=C(Nc1ccccn1)c1cccc(N=Cc2ccc(O)cc2O)c1. The standard InChI is InChI=1S/C19H15N3O3/c23-16-8-7-14(17(24)11-16)12-21-15-5-3-4-13(10-15)19(25)22-18-6-1-2-9-20-18/h1-12,23-24H,(H,20,22,25). The van der Waals surface area contributed by atoms with Gasteiger partial charge < -0.3 is 15.5 Å². The van der Waals surface area contributed by atoms with Crippen molar-refractivity contribution < 1.29 is 15.0 Å². The van der Waals surface area contributed by atoms with Crippen molar-refractivity contribution >= 4 is 23.6 Å². The number of aliphatic imine (C=N–C) groups is 1. The van der Waals surface area contributed by atoms with E-state index in [-0.39, 0.29) is 17.4 Å². The molecule has 0 saturated heterocycles. The average molecular weight is 333 g/mol. The molecule has 0 unspecified atom stereocenters. The number of nitrogens with one attached hydrogen (secondary N) is 1. The number of pyridine rings is 1. The van der Waals surface area contributed by atoms with Gasteiger partial charge in [-0.15, -0.1) is 0 Å². The number of phenolic OH excluding ortho intramolecular Hbond substituents is 2. The predicted molar refractivity (Wildman–Crippen MR) is 95.7 cm³/mol. The zero-order chi connectivity index (χ0) is 17.6. The molecule has 0 saturated carbocycles. The van der Waals surface area contributed by atoms with Crippen molar-refractivity contribution in [1.82, 2.24) is 4.98 Å². The van der Waals surface area contributed by atoms with Gasteiger partial charge in [0, 0.05) is 29.6 Å². The normalized spacial score (nSPS) is 10.7. The zero-order valence-electron chi connectivity index (χ0n) is 13.1. The fourth-order valence-corrected chi connectivity index (χ4v) is 2.14. The lowest BCUT2D eigenvalue weighted by Gasteiger charge is -2.05. The van der Waals surface area contributed by atoms with Gasteiger partial charge in [-0.05, 0) is 42.5 Å². The fraction of sp³-hybridized carbons (Fsp3) is 0. The van der Waals surface area contributed by atoms with Crippen molar-refractivity contribution in [2.75, 3.05) is 5.32 Å². The fourth-order valence-electron chi connectivity index (χ4n) is 2.14. The predicted octanol–water partition coefficient (Wildman–Crippen LogP) is 3.50. The lowest BCUT2D eigenvalue weighted by molar-refractivity contribution is 0.102. The topological polar surface area (TPSA) is 94.8 Å². The summed E-state index contributed by atoms with van der Waals surface area (Å²) in [7, 11) is 0. The van der Waals surface area contributed by atoms with E-state index in [0.717, 1.165) is 0 Å². The maximum absolute atomic E-state index is 12.3.